The van der Waals surface area contributed by atoms with Crippen molar-refractivity contribution in [3.63, 3.8) is 0 Å². The smallest absolute Gasteiger partial charge is 0.118 e. The third-order valence-corrected chi connectivity index (χ3v) is 5.16. The van der Waals surface area contributed by atoms with E-state index in [0.29, 0.717) is 0 Å². The van der Waals surface area contributed by atoms with Crippen molar-refractivity contribution in [2.75, 3.05) is 7.11 Å². The number of nitrogens with zero attached hydrogens (tertiary/aromatic N) is 1. The largest absolute Gasteiger partial charge is 0.497 e. The van der Waals surface area contributed by atoms with Crippen LogP contribution in [0.1, 0.15) is 26.3 Å². The lowest BCUT2D eigenvalue weighted by Crippen LogP contribution is -2.10. The summed E-state index contributed by atoms with van der Waals surface area (Å²) in [7, 11) is 1.68. The van der Waals surface area contributed by atoms with Gasteiger partial charge in [-0.15, -0.1) is 0 Å². The van der Waals surface area contributed by atoms with Gasteiger partial charge in [-0.25, -0.2) is 4.98 Å². The highest BCUT2D eigenvalue weighted by Gasteiger charge is 2.14. The summed E-state index contributed by atoms with van der Waals surface area (Å²) in [6, 6.07) is 27.5. The van der Waals surface area contributed by atoms with Gasteiger partial charge in [0.05, 0.1) is 18.3 Å². The second-order valence-electron chi connectivity index (χ2n) is 8.13. The molecule has 0 saturated carbocycles. The van der Waals surface area contributed by atoms with E-state index < -0.39 is 0 Å². The molecule has 0 spiro atoms. The Morgan fingerprint density at radius 3 is 2.04 bits per heavy atom. The Kier molecular flexibility index (Phi) is 4.64. The maximum absolute atomic E-state index is 5.29. The lowest BCUT2D eigenvalue weighted by atomic mass is 9.86. The van der Waals surface area contributed by atoms with Crippen LogP contribution < -0.4 is 4.74 Å². The predicted molar refractivity (Wildman–Crippen MR) is 118 cm³/mol. The Morgan fingerprint density at radius 2 is 1.39 bits per heavy atom. The monoisotopic (exact) mass is 367 g/mol. The minimum Gasteiger partial charge on any atom is -0.497 e. The maximum atomic E-state index is 5.29. The molecule has 2 heteroatoms. The minimum atomic E-state index is 0.146. The van der Waals surface area contributed by atoms with Crippen LogP contribution in [0.4, 0.5) is 0 Å². The number of pyridine rings is 1. The molecule has 1 heterocycles. The van der Waals surface area contributed by atoms with Crippen LogP contribution in [0.2, 0.25) is 0 Å². The average molecular weight is 367 g/mol. The van der Waals surface area contributed by atoms with Gasteiger partial charge in [-0.3, -0.25) is 0 Å². The summed E-state index contributed by atoms with van der Waals surface area (Å²) in [5.74, 6) is 0.850. The molecular weight excluding hydrogens is 342 g/mol. The fourth-order valence-corrected chi connectivity index (χ4v) is 3.47. The summed E-state index contributed by atoms with van der Waals surface area (Å²) < 4.78 is 5.29. The van der Waals surface area contributed by atoms with Crippen LogP contribution in [-0.2, 0) is 5.41 Å². The van der Waals surface area contributed by atoms with E-state index >= 15 is 0 Å². The van der Waals surface area contributed by atoms with Crippen LogP contribution in [0.15, 0.2) is 78.9 Å². The van der Waals surface area contributed by atoms with Crippen LogP contribution in [0, 0.1) is 0 Å². The van der Waals surface area contributed by atoms with E-state index in [-0.39, 0.29) is 5.41 Å². The topological polar surface area (TPSA) is 22.1 Å². The van der Waals surface area contributed by atoms with E-state index in [1.54, 1.807) is 7.11 Å². The van der Waals surface area contributed by atoms with Crippen LogP contribution >= 0.6 is 0 Å². The number of benzene rings is 3. The van der Waals surface area contributed by atoms with Crippen LogP contribution in [0.3, 0.4) is 0 Å². The fraction of sp³-hybridized carbons (Fsp3) is 0.192. The number of rotatable bonds is 3. The Bertz CT molecular complexity index is 1100. The van der Waals surface area contributed by atoms with Crippen molar-refractivity contribution < 1.29 is 4.74 Å². The normalized spacial score (nSPS) is 11.6. The second-order valence-corrected chi connectivity index (χ2v) is 8.13. The SMILES string of the molecule is COc1ccc(-c2cc(-c3ccc(C(C)(C)C)cc3)c3ccccc3n2)cc1. The number of para-hydroxylation sites is 1. The summed E-state index contributed by atoms with van der Waals surface area (Å²) in [6.45, 7) is 6.73. The zero-order valence-electron chi connectivity index (χ0n) is 16.9. The molecule has 0 saturated heterocycles. The average Bonchev–Trinajstić information content (AvgIpc) is 2.72. The Morgan fingerprint density at radius 1 is 0.750 bits per heavy atom. The Balaban J connectivity index is 1.87. The van der Waals surface area contributed by atoms with Crippen LogP contribution in [-0.4, -0.2) is 12.1 Å². The van der Waals surface area contributed by atoms with E-state index in [0.717, 1.165) is 22.5 Å². The van der Waals surface area contributed by atoms with E-state index in [9.17, 15) is 0 Å². The van der Waals surface area contributed by atoms with Crippen molar-refractivity contribution in [3.05, 3.63) is 84.4 Å². The quantitative estimate of drug-likeness (QED) is 0.394. The third kappa shape index (κ3) is 3.50. The third-order valence-electron chi connectivity index (χ3n) is 5.16. The van der Waals surface area contributed by atoms with Crippen molar-refractivity contribution in [2.24, 2.45) is 0 Å². The Hall–Kier alpha value is -3.13. The molecule has 0 amide bonds. The molecule has 0 aliphatic rings. The molecule has 0 fully saturated rings. The van der Waals surface area contributed by atoms with Gasteiger partial charge in [0.15, 0.2) is 0 Å². The summed E-state index contributed by atoms with van der Waals surface area (Å²) in [4.78, 5) is 4.90. The highest BCUT2D eigenvalue weighted by molar-refractivity contribution is 5.96. The fourth-order valence-electron chi connectivity index (χ4n) is 3.47. The first kappa shape index (κ1) is 18.2. The molecule has 0 unspecified atom stereocenters. The number of hydrogen-bond donors (Lipinski definition) is 0. The van der Waals surface area contributed by atoms with Gasteiger partial charge >= 0.3 is 0 Å². The molecule has 4 rings (SSSR count). The molecule has 3 aromatic carbocycles. The molecule has 4 aromatic rings. The van der Waals surface area contributed by atoms with Gasteiger partial charge < -0.3 is 4.74 Å². The van der Waals surface area contributed by atoms with Gasteiger partial charge in [-0.1, -0.05) is 63.2 Å². The zero-order valence-corrected chi connectivity index (χ0v) is 16.9. The summed E-state index contributed by atoms with van der Waals surface area (Å²) in [5.41, 5.74) is 6.96. The number of methoxy groups -OCH3 is 1. The molecule has 2 nitrogen and oxygen atoms in total. The van der Waals surface area contributed by atoms with E-state index in [2.05, 4.69) is 81.4 Å². The van der Waals surface area contributed by atoms with Gasteiger partial charge in [-0.2, -0.15) is 0 Å². The number of fused-ring (bicyclic) bond motifs is 1. The van der Waals surface area contributed by atoms with Gasteiger partial charge in [0.25, 0.3) is 0 Å². The van der Waals surface area contributed by atoms with Gasteiger partial charge in [0, 0.05) is 10.9 Å². The maximum Gasteiger partial charge on any atom is 0.118 e. The summed E-state index contributed by atoms with van der Waals surface area (Å²) in [5, 5.41) is 1.17. The molecule has 28 heavy (non-hydrogen) atoms. The van der Waals surface area contributed by atoms with Crippen molar-refractivity contribution in [3.8, 4) is 28.1 Å². The van der Waals surface area contributed by atoms with Gasteiger partial charge in [0.2, 0.25) is 0 Å². The first-order valence-corrected chi connectivity index (χ1v) is 9.61. The highest BCUT2D eigenvalue weighted by Crippen LogP contribution is 2.33. The van der Waals surface area contributed by atoms with Crippen LogP contribution in [0.25, 0.3) is 33.3 Å². The number of hydrogen-bond acceptors (Lipinski definition) is 2. The van der Waals surface area contributed by atoms with Gasteiger partial charge in [-0.05, 0) is 58.5 Å². The first-order valence-electron chi connectivity index (χ1n) is 9.61. The molecule has 1 aromatic heterocycles. The van der Waals surface area contributed by atoms with Crippen molar-refractivity contribution >= 4 is 10.9 Å². The first-order chi connectivity index (χ1) is 13.5. The number of aromatic nitrogens is 1. The molecule has 0 bridgehead atoms. The number of ether oxygens (including phenoxy) is 1. The molecule has 0 radical (unpaired) electrons. The van der Waals surface area contributed by atoms with E-state index in [1.165, 1.54) is 22.1 Å². The lowest BCUT2D eigenvalue weighted by Gasteiger charge is -2.19. The molecule has 0 aliphatic heterocycles. The highest BCUT2D eigenvalue weighted by atomic mass is 16.5. The standard InChI is InChI=1S/C26H25NO/c1-26(2,3)20-13-9-18(10-14-20)23-17-25(19-11-15-21(28-4)16-12-19)27-24-8-6-5-7-22(23)24/h5-17H,1-4H3. The summed E-state index contributed by atoms with van der Waals surface area (Å²) in [6.07, 6.45) is 0. The van der Waals surface area contributed by atoms with Crippen LogP contribution in [0.5, 0.6) is 5.75 Å². The van der Waals surface area contributed by atoms with E-state index in [4.69, 9.17) is 9.72 Å². The molecule has 140 valence electrons. The minimum absolute atomic E-state index is 0.146. The van der Waals surface area contributed by atoms with Crippen molar-refractivity contribution in [2.45, 2.75) is 26.2 Å². The van der Waals surface area contributed by atoms with Crippen molar-refractivity contribution in [1.29, 1.82) is 0 Å². The molecule has 0 aliphatic carbocycles. The second kappa shape index (κ2) is 7.12. The van der Waals surface area contributed by atoms with E-state index in [1.807, 2.05) is 18.2 Å². The molecule has 0 N–H and O–H groups in total. The van der Waals surface area contributed by atoms with Gasteiger partial charge in [0.1, 0.15) is 5.75 Å². The molecule has 0 atom stereocenters. The zero-order chi connectivity index (χ0) is 19.7. The lowest BCUT2D eigenvalue weighted by molar-refractivity contribution is 0.415. The van der Waals surface area contributed by atoms with Crippen molar-refractivity contribution in [1.82, 2.24) is 4.98 Å². The summed E-state index contributed by atoms with van der Waals surface area (Å²) >= 11 is 0. The Labute approximate surface area is 166 Å². The predicted octanol–water partition coefficient (Wildman–Crippen LogP) is 6.87. The molecular formula is C26H25NO.